The number of fused-ring (bicyclic) bond motifs is 1. The highest BCUT2D eigenvalue weighted by Crippen LogP contribution is 2.29. The van der Waals surface area contributed by atoms with E-state index in [0.717, 1.165) is 5.56 Å². The van der Waals surface area contributed by atoms with Crippen LogP contribution in [0.2, 0.25) is 0 Å². The second kappa shape index (κ2) is 4.73. The van der Waals surface area contributed by atoms with Gasteiger partial charge >= 0.3 is 0 Å². The van der Waals surface area contributed by atoms with Crippen LogP contribution in [0.3, 0.4) is 0 Å². The number of hydrogen-bond acceptors (Lipinski definition) is 5. The van der Waals surface area contributed by atoms with Gasteiger partial charge in [0, 0.05) is 17.8 Å². The Hall–Kier alpha value is -2.76. The zero-order chi connectivity index (χ0) is 14.1. The maximum absolute atomic E-state index is 5.89. The number of nitrogens with zero attached hydrogens (tertiary/aromatic N) is 3. The van der Waals surface area contributed by atoms with Crippen molar-refractivity contribution in [2.75, 3.05) is 20.0 Å². The molecule has 0 aliphatic heterocycles. The van der Waals surface area contributed by atoms with E-state index < -0.39 is 0 Å². The van der Waals surface area contributed by atoms with Gasteiger partial charge in [-0.25, -0.2) is 0 Å². The summed E-state index contributed by atoms with van der Waals surface area (Å²) in [4.78, 5) is 0. The molecule has 0 unspecified atom stereocenters. The number of anilines is 1. The largest absolute Gasteiger partial charge is 0.497 e. The van der Waals surface area contributed by atoms with Crippen molar-refractivity contribution in [1.29, 1.82) is 0 Å². The van der Waals surface area contributed by atoms with Gasteiger partial charge in [-0.3, -0.25) is 4.40 Å². The SMILES string of the molecule is COc1cc(OC)cc(-c2nnc3c(N)cccn23)c1. The topological polar surface area (TPSA) is 74.7 Å². The van der Waals surface area contributed by atoms with Gasteiger partial charge in [-0.15, -0.1) is 10.2 Å². The number of aromatic nitrogens is 3. The van der Waals surface area contributed by atoms with Gasteiger partial charge in [0.25, 0.3) is 0 Å². The Morgan fingerprint density at radius 3 is 2.40 bits per heavy atom. The van der Waals surface area contributed by atoms with E-state index in [0.29, 0.717) is 28.7 Å². The molecule has 0 fully saturated rings. The zero-order valence-corrected chi connectivity index (χ0v) is 11.2. The molecular weight excluding hydrogens is 256 g/mol. The van der Waals surface area contributed by atoms with Gasteiger partial charge in [0.05, 0.1) is 19.9 Å². The quantitative estimate of drug-likeness (QED) is 0.787. The summed E-state index contributed by atoms with van der Waals surface area (Å²) in [5, 5.41) is 8.31. The van der Waals surface area contributed by atoms with E-state index in [-0.39, 0.29) is 0 Å². The van der Waals surface area contributed by atoms with Crippen LogP contribution in [0.15, 0.2) is 36.5 Å². The monoisotopic (exact) mass is 270 g/mol. The number of pyridine rings is 1. The Bertz CT molecular complexity index is 745. The number of benzene rings is 1. The Labute approximate surface area is 115 Å². The average molecular weight is 270 g/mol. The van der Waals surface area contributed by atoms with E-state index in [2.05, 4.69) is 10.2 Å². The lowest BCUT2D eigenvalue weighted by Crippen LogP contribution is -1.94. The molecule has 0 aliphatic rings. The summed E-state index contributed by atoms with van der Waals surface area (Å²) >= 11 is 0. The maximum Gasteiger partial charge on any atom is 0.184 e. The van der Waals surface area contributed by atoms with Gasteiger partial charge in [0.2, 0.25) is 0 Å². The number of nitrogen functional groups attached to an aromatic ring is 1. The first-order chi connectivity index (χ1) is 9.72. The molecule has 2 aromatic heterocycles. The molecule has 0 aliphatic carbocycles. The van der Waals surface area contributed by atoms with E-state index in [1.54, 1.807) is 26.4 Å². The van der Waals surface area contributed by atoms with Gasteiger partial charge in [0.1, 0.15) is 11.5 Å². The third-order valence-electron chi connectivity index (χ3n) is 3.07. The van der Waals surface area contributed by atoms with E-state index in [4.69, 9.17) is 15.2 Å². The van der Waals surface area contributed by atoms with Crippen LogP contribution in [0.4, 0.5) is 5.69 Å². The van der Waals surface area contributed by atoms with Crippen molar-refractivity contribution in [3.63, 3.8) is 0 Å². The number of hydrogen-bond donors (Lipinski definition) is 1. The Morgan fingerprint density at radius 1 is 1.05 bits per heavy atom. The average Bonchev–Trinajstić information content (AvgIpc) is 2.92. The highest BCUT2D eigenvalue weighted by Gasteiger charge is 2.12. The summed E-state index contributed by atoms with van der Waals surface area (Å²) in [5.41, 5.74) is 7.95. The molecule has 20 heavy (non-hydrogen) atoms. The molecule has 0 atom stereocenters. The van der Waals surface area contributed by atoms with Crippen LogP contribution < -0.4 is 15.2 Å². The van der Waals surface area contributed by atoms with E-state index >= 15 is 0 Å². The lowest BCUT2D eigenvalue weighted by molar-refractivity contribution is 0.394. The summed E-state index contributed by atoms with van der Waals surface area (Å²) in [6, 6.07) is 9.21. The minimum atomic E-state index is 0.584. The molecule has 6 heteroatoms. The standard InChI is InChI=1S/C14H14N4O2/c1-19-10-6-9(7-11(8-10)20-2)13-16-17-14-12(15)4-3-5-18(13)14/h3-8H,15H2,1-2H3. The van der Waals surface area contributed by atoms with Gasteiger partial charge in [-0.05, 0) is 24.3 Å². The first-order valence-corrected chi connectivity index (χ1v) is 6.05. The van der Waals surface area contributed by atoms with E-state index in [9.17, 15) is 0 Å². The molecule has 3 rings (SSSR count). The van der Waals surface area contributed by atoms with Crippen LogP contribution in [0.25, 0.3) is 17.0 Å². The summed E-state index contributed by atoms with van der Waals surface area (Å²) in [6.45, 7) is 0. The van der Waals surface area contributed by atoms with Crippen LogP contribution >= 0.6 is 0 Å². The molecule has 6 nitrogen and oxygen atoms in total. The summed E-state index contributed by atoms with van der Waals surface area (Å²) in [5.74, 6) is 2.07. The highest BCUT2D eigenvalue weighted by molar-refractivity contribution is 5.70. The predicted molar refractivity (Wildman–Crippen MR) is 75.9 cm³/mol. The second-order valence-corrected chi connectivity index (χ2v) is 4.28. The smallest absolute Gasteiger partial charge is 0.184 e. The van der Waals surface area contributed by atoms with Gasteiger partial charge in [-0.2, -0.15) is 0 Å². The molecule has 2 heterocycles. The molecule has 102 valence electrons. The minimum Gasteiger partial charge on any atom is -0.497 e. The van der Waals surface area contributed by atoms with E-state index in [1.807, 2.05) is 28.8 Å². The fourth-order valence-corrected chi connectivity index (χ4v) is 2.07. The fourth-order valence-electron chi connectivity index (χ4n) is 2.07. The van der Waals surface area contributed by atoms with Crippen molar-refractivity contribution in [1.82, 2.24) is 14.6 Å². The third-order valence-corrected chi connectivity index (χ3v) is 3.07. The first kappa shape index (κ1) is 12.3. The number of nitrogens with two attached hydrogens (primary N) is 1. The summed E-state index contributed by atoms with van der Waals surface area (Å²) < 4.78 is 12.4. The van der Waals surface area contributed by atoms with Gasteiger partial charge in [0.15, 0.2) is 11.5 Å². The first-order valence-electron chi connectivity index (χ1n) is 6.05. The molecular formula is C14H14N4O2. The summed E-state index contributed by atoms with van der Waals surface area (Å²) in [7, 11) is 3.22. The number of rotatable bonds is 3. The molecule has 0 saturated carbocycles. The van der Waals surface area contributed by atoms with Crippen molar-refractivity contribution in [3.8, 4) is 22.9 Å². The van der Waals surface area contributed by atoms with Crippen LogP contribution in [-0.2, 0) is 0 Å². The second-order valence-electron chi connectivity index (χ2n) is 4.28. The maximum atomic E-state index is 5.89. The molecule has 1 aromatic carbocycles. The van der Waals surface area contributed by atoms with Crippen LogP contribution in [0.5, 0.6) is 11.5 Å². The fraction of sp³-hybridized carbons (Fsp3) is 0.143. The molecule has 0 bridgehead atoms. The Balaban J connectivity index is 2.22. The zero-order valence-electron chi connectivity index (χ0n) is 11.2. The van der Waals surface area contributed by atoms with Crippen molar-refractivity contribution < 1.29 is 9.47 Å². The predicted octanol–water partition coefficient (Wildman–Crippen LogP) is 2.00. The van der Waals surface area contributed by atoms with E-state index in [1.165, 1.54) is 0 Å². The Kier molecular flexibility index (Phi) is 2.90. The molecule has 0 spiro atoms. The van der Waals surface area contributed by atoms with Crippen LogP contribution in [-0.4, -0.2) is 28.8 Å². The molecule has 3 aromatic rings. The molecule has 0 saturated heterocycles. The van der Waals surface area contributed by atoms with Crippen molar-refractivity contribution in [3.05, 3.63) is 36.5 Å². The Morgan fingerprint density at radius 2 is 1.75 bits per heavy atom. The lowest BCUT2D eigenvalue weighted by atomic mass is 10.2. The van der Waals surface area contributed by atoms with Gasteiger partial charge in [-0.1, -0.05) is 0 Å². The normalized spacial score (nSPS) is 10.7. The third kappa shape index (κ3) is 1.91. The molecule has 0 radical (unpaired) electrons. The van der Waals surface area contributed by atoms with Crippen LogP contribution in [0, 0.1) is 0 Å². The van der Waals surface area contributed by atoms with Crippen molar-refractivity contribution in [2.45, 2.75) is 0 Å². The number of methoxy groups -OCH3 is 2. The summed E-state index contributed by atoms with van der Waals surface area (Å²) in [6.07, 6.45) is 1.87. The highest BCUT2D eigenvalue weighted by atomic mass is 16.5. The molecule has 0 amide bonds. The lowest BCUT2D eigenvalue weighted by Gasteiger charge is -2.07. The van der Waals surface area contributed by atoms with Crippen LogP contribution in [0.1, 0.15) is 0 Å². The van der Waals surface area contributed by atoms with Crippen molar-refractivity contribution in [2.24, 2.45) is 0 Å². The van der Waals surface area contributed by atoms with Crippen molar-refractivity contribution >= 4 is 11.3 Å². The van der Waals surface area contributed by atoms with Gasteiger partial charge < -0.3 is 15.2 Å². The molecule has 2 N–H and O–H groups in total. The minimum absolute atomic E-state index is 0.584. The number of ether oxygens (including phenoxy) is 2.